The summed E-state index contributed by atoms with van der Waals surface area (Å²) in [5, 5.41) is 9.56. The summed E-state index contributed by atoms with van der Waals surface area (Å²) < 4.78 is 0. The third-order valence-electron chi connectivity index (χ3n) is 2.08. The molecule has 0 radical (unpaired) electrons. The molecule has 3 heteroatoms. The SMILES string of the molecule is C#CCN(CC)c1cc(Cl)ccc1C#N. The van der Waals surface area contributed by atoms with Gasteiger partial charge < -0.3 is 4.90 Å². The fourth-order valence-corrected chi connectivity index (χ4v) is 1.50. The van der Waals surface area contributed by atoms with Gasteiger partial charge in [-0.25, -0.2) is 0 Å². The number of benzene rings is 1. The molecule has 0 saturated carbocycles. The minimum atomic E-state index is 0.478. The van der Waals surface area contributed by atoms with Gasteiger partial charge in [-0.05, 0) is 25.1 Å². The van der Waals surface area contributed by atoms with Gasteiger partial charge in [0.2, 0.25) is 0 Å². The summed E-state index contributed by atoms with van der Waals surface area (Å²) in [4.78, 5) is 1.93. The molecular weight excluding hydrogens is 208 g/mol. The molecule has 2 nitrogen and oxygen atoms in total. The Hall–Kier alpha value is -1.64. The van der Waals surface area contributed by atoms with E-state index >= 15 is 0 Å². The van der Waals surface area contributed by atoms with Crippen molar-refractivity contribution in [1.82, 2.24) is 0 Å². The van der Waals surface area contributed by atoms with Gasteiger partial charge in [-0.3, -0.25) is 0 Å². The van der Waals surface area contributed by atoms with E-state index < -0.39 is 0 Å². The first-order chi connectivity index (χ1) is 7.22. The van der Waals surface area contributed by atoms with E-state index in [9.17, 15) is 0 Å². The lowest BCUT2D eigenvalue weighted by atomic mass is 10.1. The highest BCUT2D eigenvalue weighted by molar-refractivity contribution is 6.30. The summed E-state index contributed by atoms with van der Waals surface area (Å²) in [5.41, 5.74) is 1.39. The molecular formula is C12H11ClN2. The molecule has 0 aromatic heterocycles. The lowest BCUT2D eigenvalue weighted by molar-refractivity contribution is 0.916. The van der Waals surface area contributed by atoms with Crippen molar-refractivity contribution in [3.8, 4) is 18.4 Å². The maximum atomic E-state index is 8.95. The first-order valence-corrected chi connectivity index (χ1v) is 4.98. The molecule has 76 valence electrons. The van der Waals surface area contributed by atoms with Crippen LogP contribution in [0.25, 0.3) is 0 Å². The molecule has 0 heterocycles. The number of rotatable bonds is 3. The molecule has 1 aromatic carbocycles. The lowest BCUT2D eigenvalue weighted by Gasteiger charge is -2.21. The molecule has 1 rings (SSSR count). The van der Waals surface area contributed by atoms with Crippen molar-refractivity contribution in [2.45, 2.75) is 6.92 Å². The van der Waals surface area contributed by atoms with E-state index in [0.717, 1.165) is 12.2 Å². The third kappa shape index (κ3) is 2.65. The van der Waals surface area contributed by atoms with Gasteiger partial charge in [0.1, 0.15) is 6.07 Å². The zero-order valence-electron chi connectivity index (χ0n) is 8.50. The van der Waals surface area contributed by atoms with Crippen LogP contribution in [0.15, 0.2) is 18.2 Å². The van der Waals surface area contributed by atoms with Gasteiger partial charge in [0, 0.05) is 11.6 Å². The molecule has 0 aliphatic carbocycles. The van der Waals surface area contributed by atoms with E-state index in [2.05, 4.69) is 12.0 Å². The molecule has 0 saturated heterocycles. The Labute approximate surface area is 95.1 Å². The maximum Gasteiger partial charge on any atom is 0.101 e. The predicted octanol–water partition coefficient (Wildman–Crippen LogP) is 2.67. The first kappa shape index (κ1) is 11.4. The van der Waals surface area contributed by atoms with Gasteiger partial charge in [-0.2, -0.15) is 5.26 Å². The largest absolute Gasteiger partial charge is 0.360 e. The average Bonchev–Trinajstić information content (AvgIpc) is 2.26. The van der Waals surface area contributed by atoms with Crippen LogP contribution < -0.4 is 4.90 Å². The Kier molecular flexibility index (Phi) is 4.03. The van der Waals surface area contributed by atoms with Gasteiger partial charge in [0.05, 0.1) is 17.8 Å². The van der Waals surface area contributed by atoms with Crippen molar-refractivity contribution in [2.75, 3.05) is 18.0 Å². The van der Waals surface area contributed by atoms with Crippen LogP contribution in [0.5, 0.6) is 0 Å². The van der Waals surface area contributed by atoms with Crippen LogP contribution in [0.3, 0.4) is 0 Å². The van der Waals surface area contributed by atoms with Crippen LogP contribution in [0.4, 0.5) is 5.69 Å². The summed E-state index contributed by atoms with van der Waals surface area (Å²) >= 11 is 5.89. The molecule has 0 atom stereocenters. The Balaban J connectivity index is 3.16. The van der Waals surface area contributed by atoms with E-state index in [0.29, 0.717) is 17.1 Å². The van der Waals surface area contributed by atoms with E-state index in [1.807, 2.05) is 11.8 Å². The third-order valence-corrected chi connectivity index (χ3v) is 2.32. The zero-order chi connectivity index (χ0) is 11.3. The number of nitrogens with zero attached hydrogens (tertiary/aromatic N) is 2. The fourth-order valence-electron chi connectivity index (χ4n) is 1.34. The monoisotopic (exact) mass is 218 g/mol. The number of nitriles is 1. The van der Waals surface area contributed by atoms with Crippen LogP contribution in [0, 0.1) is 23.7 Å². The van der Waals surface area contributed by atoms with E-state index in [4.69, 9.17) is 23.3 Å². The van der Waals surface area contributed by atoms with Gasteiger partial charge >= 0.3 is 0 Å². The smallest absolute Gasteiger partial charge is 0.101 e. The highest BCUT2D eigenvalue weighted by Gasteiger charge is 2.08. The molecule has 0 aliphatic heterocycles. The highest BCUT2D eigenvalue weighted by atomic mass is 35.5. The van der Waals surface area contributed by atoms with Crippen molar-refractivity contribution >= 4 is 17.3 Å². The molecule has 0 fully saturated rings. The Morgan fingerprint density at radius 2 is 2.27 bits per heavy atom. The Morgan fingerprint density at radius 3 is 2.80 bits per heavy atom. The highest BCUT2D eigenvalue weighted by Crippen LogP contribution is 2.23. The number of anilines is 1. The van der Waals surface area contributed by atoms with Gasteiger partial charge in [-0.15, -0.1) is 6.42 Å². The summed E-state index contributed by atoms with van der Waals surface area (Å²) in [6.45, 7) is 3.21. The van der Waals surface area contributed by atoms with Gasteiger partial charge in [0.15, 0.2) is 0 Å². The van der Waals surface area contributed by atoms with Crippen LogP contribution >= 0.6 is 11.6 Å². The van der Waals surface area contributed by atoms with Crippen LogP contribution in [0.2, 0.25) is 5.02 Å². The molecule has 0 aliphatic rings. The second-order valence-electron chi connectivity index (χ2n) is 2.99. The Morgan fingerprint density at radius 1 is 1.53 bits per heavy atom. The standard InChI is InChI=1S/C12H11ClN2/c1-3-7-15(4-2)12-8-11(13)6-5-10(12)9-14/h1,5-6,8H,4,7H2,2H3. The van der Waals surface area contributed by atoms with Crippen LogP contribution in [0.1, 0.15) is 12.5 Å². The van der Waals surface area contributed by atoms with Gasteiger partial charge in [-0.1, -0.05) is 17.5 Å². The molecule has 0 bridgehead atoms. The summed E-state index contributed by atoms with van der Waals surface area (Å²) in [7, 11) is 0. The van der Waals surface area contributed by atoms with Crippen molar-refractivity contribution in [3.05, 3.63) is 28.8 Å². The molecule has 0 spiro atoms. The van der Waals surface area contributed by atoms with Crippen molar-refractivity contribution in [2.24, 2.45) is 0 Å². The lowest BCUT2D eigenvalue weighted by Crippen LogP contribution is -2.23. The second-order valence-corrected chi connectivity index (χ2v) is 3.43. The zero-order valence-corrected chi connectivity index (χ0v) is 9.25. The molecule has 1 aromatic rings. The number of hydrogen-bond donors (Lipinski definition) is 0. The predicted molar refractivity (Wildman–Crippen MR) is 62.9 cm³/mol. The summed E-state index contributed by atoms with van der Waals surface area (Å²) in [6.07, 6.45) is 5.26. The number of halogens is 1. The second kappa shape index (κ2) is 5.29. The van der Waals surface area contributed by atoms with Crippen molar-refractivity contribution in [3.63, 3.8) is 0 Å². The van der Waals surface area contributed by atoms with E-state index in [1.54, 1.807) is 18.2 Å². The maximum absolute atomic E-state index is 8.95. The van der Waals surface area contributed by atoms with Gasteiger partial charge in [0.25, 0.3) is 0 Å². The molecule has 0 unspecified atom stereocenters. The van der Waals surface area contributed by atoms with Crippen molar-refractivity contribution in [1.29, 1.82) is 5.26 Å². The molecule has 0 amide bonds. The van der Waals surface area contributed by atoms with Crippen LogP contribution in [-0.2, 0) is 0 Å². The summed E-state index contributed by atoms with van der Waals surface area (Å²) in [5.74, 6) is 2.56. The summed E-state index contributed by atoms with van der Waals surface area (Å²) in [6, 6.07) is 7.30. The quantitative estimate of drug-likeness (QED) is 0.730. The minimum absolute atomic E-state index is 0.478. The topological polar surface area (TPSA) is 27.0 Å². The average molecular weight is 219 g/mol. The first-order valence-electron chi connectivity index (χ1n) is 4.61. The van der Waals surface area contributed by atoms with E-state index in [1.165, 1.54) is 0 Å². The normalized spacial score (nSPS) is 9.07. The van der Waals surface area contributed by atoms with Crippen LogP contribution in [-0.4, -0.2) is 13.1 Å². The number of terminal acetylenes is 1. The molecule has 15 heavy (non-hydrogen) atoms. The van der Waals surface area contributed by atoms with Crippen molar-refractivity contribution < 1.29 is 0 Å². The van der Waals surface area contributed by atoms with E-state index in [-0.39, 0.29) is 0 Å². The fraction of sp³-hybridized carbons (Fsp3) is 0.250. The minimum Gasteiger partial charge on any atom is -0.360 e. The number of hydrogen-bond acceptors (Lipinski definition) is 2. The molecule has 0 N–H and O–H groups in total. The Bertz CT molecular complexity index is 426.